The maximum atomic E-state index is 4.02. The van der Waals surface area contributed by atoms with Crippen molar-refractivity contribution in [2.75, 3.05) is 0 Å². The van der Waals surface area contributed by atoms with Crippen LogP contribution in [0.1, 0.15) is 25.0 Å². The first-order chi connectivity index (χ1) is 6.66. The van der Waals surface area contributed by atoms with Crippen molar-refractivity contribution in [1.29, 1.82) is 0 Å². The van der Waals surface area contributed by atoms with Gasteiger partial charge in [0.25, 0.3) is 0 Å². The molecular formula is C14H20. The van der Waals surface area contributed by atoms with Crippen LogP contribution >= 0.6 is 0 Å². The minimum atomic E-state index is 1.11. The van der Waals surface area contributed by atoms with E-state index in [9.17, 15) is 0 Å². The van der Waals surface area contributed by atoms with Gasteiger partial charge >= 0.3 is 0 Å². The van der Waals surface area contributed by atoms with E-state index in [0.29, 0.717) is 0 Å². The highest BCUT2D eigenvalue weighted by atomic mass is 14.0. The van der Waals surface area contributed by atoms with Crippen molar-refractivity contribution in [2.24, 2.45) is 0 Å². The molecule has 1 rings (SSSR count). The van der Waals surface area contributed by atoms with E-state index >= 15 is 0 Å². The summed E-state index contributed by atoms with van der Waals surface area (Å²) < 4.78 is 0. The zero-order valence-corrected chi connectivity index (χ0v) is 9.72. The molecule has 0 aromatic heterocycles. The Bertz CT molecular complexity index is 397. The van der Waals surface area contributed by atoms with Gasteiger partial charge in [-0.2, -0.15) is 0 Å². The number of hydrogen-bond acceptors (Lipinski definition) is 0. The molecule has 0 unspecified atom stereocenters. The Kier molecular flexibility index (Phi) is 5.62. The van der Waals surface area contributed by atoms with E-state index < -0.39 is 0 Å². The lowest BCUT2D eigenvalue weighted by Gasteiger charge is -1.98. The monoisotopic (exact) mass is 188 g/mol. The third-order valence-electron chi connectivity index (χ3n) is 2.09. The largest absolute Gasteiger partial charge is 0.0990 e. The summed E-state index contributed by atoms with van der Waals surface area (Å²) in [6, 6.07) is 4.21. The van der Waals surface area contributed by atoms with Crippen LogP contribution in [0.15, 0.2) is 24.8 Å². The van der Waals surface area contributed by atoms with E-state index in [1.807, 2.05) is 19.9 Å². The van der Waals surface area contributed by atoms with Crippen LogP contribution in [-0.2, 0) is 0 Å². The van der Waals surface area contributed by atoms with Crippen molar-refractivity contribution in [3.8, 4) is 0 Å². The molecule has 0 amide bonds. The zero-order valence-electron chi connectivity index (χ0n) is 9.72. The maximum absolute atomic E-state index is 4.02. The predicted molar refractivity (Wildman–Crippen MR) is 66.7 cm³/mol. The second-order valence-electron chi connectivity index (χ2n) is 2.99. The summed E-state index contributed by atoms with van der Waals surface area (Å²) in [7, 11) is 0. The van der Waals surface area contributed by atoms with Gasteiger partial charge in [-0.05, 0) is 35.4 Å². The topological polar surface area (TPSA) is 0 Å². The fourth-order valence-corrected chi connectivity index (χ4v) is 1.24. The number of aryl methyl sites for hydroxylation is 2. The molecule has 0 spiro atoms. The molecule has 0 nitrogen and oxygen atoms in total. The molecule has 0 radical (unpaired) electrons. The van der Waals surface area contributed by atoms with Crippen LogP contribution in [0, 0.1) is 13.8 Å². The Labute approximate surface area is 87.3 Å². The van der Waals surface area contributed by atoms with Crippen LogP contribution in [0.2, 0.25) is 0 Å². The fraction of sp³-hybridized carbons (Fsp3) is 0.286. The van der Waals surface area contributed by atoms with Gasteiger partial charge in [0.1, 0.15) is 0 Å². The summed E-state index contributed by atoms with van der Waals surface area (Å²) in [4.78, 5) is 0. The lowest BCUT2D eigenvalue weighted by atomic mass is 10.1. The minimum absolute atomic E-state index is 1.11. The Morgan fingerprint density at radius 1 is 1.07 bits per heavy atom. The molecule has 0 atom stereocenters. The Balaban J connectivity index is 0.000000791. The van der Waals surface area contributed by atoms with Gasteiger partial charge in [-0.25, -0.2) is 0 Å². The smallest absolute Gasteiger partial charge is 0.0158 e. The van der Waals surface area contributed by atoms with Crippen LogP contribution in [0.3, 0.4) is 0 Å². The SMILES string of the molecule is C=C/C=c1/c(C)ccc(C)c1=C.CC. The van der Waals surface area contributed by atoms with E-state index in [0.717, 1.165) is 5.22 Å². The fourth-order valence-electron chi connectivity index (χ4n) is 1.24. The molecule has 0 aliphatic carbocycles. The standard InChI is InChI=1S/C12H14.C2H6/c1-5-6-12-10(3)8-7-9(2)11(12)4;1-2/h5-8H,1,4H2,2-3H3;1-2H3/b12-6-;. The van der Waals surface area contributed by atoms with Crippen molar-refractivity contribution in [3.05, 3.63) is 46.4 Å². The molecule has 1 aromatic carbocycles. The number of hydrogen-bond donors (Lipinski definition) is 0. The highest BCUT2D eigenvalue weighted by molar-refractivity contribution is 5.41. The lowest BCUT2D eigenvalue weighted by molar-refractivity contribution is 1.30. The maximum Gasteiger partial charge on any atom is -0.0158 e. The molecular weight excluding hydrogens is 168 g/mol. The van der Waals surface area contributed by atoms with Gasteiger partial charge in [0.15, 0.2) is 0 Å². The number of rotatable bonds is 1. The summed E-state index contributed by atoms with van der Waals surface area (Å²) in [5.74, 6) is 0. The zero-order chi connectivity index (χ0) is 11.1. The summed E-state index contributed by atoms with van der Waals surface area (Å²) in [5.41, 5.74) is 2.49. The van der Waals surface area contributed by atoms with Gasteiger partial charge in [-0.3, -0.25) is 0 Å². The molecule has 0 fully saturated rings. The van der Waals surface area contributed by atoms with Gasteiger partial charge in [0, 0.05) is 0 Å². The minimum Gasteiger partial charge on any atom is -0.0990 e. The molecule has 0 saturated carbocycles. The predicted octanol–water partition coefficient (Wildman–Crippen LogP) is 2.71. The summed E-state index contributed by atoms with van der Waals surface area (Å²) in [5, 5.41) is 2.31. The van der Waals surface area contributed by atoms with Crippen LogP contribution in [-0.4, -0.2) is 0 Å². The summed E-state index contributed by atoms with van der Waals surface area (Å²) >= 11 is 0. The second kappa shape index (κ2) is 6.20. The molecule has 14 heavy (non-hydrogen) atoms. The summed E-state index contributed by atoms with van der Waals surface area (Å²) in [6.07, 6.45) is 3.81. The van der Waals surface area contributed by atoms with Crippen LogP contribution < -0.4 is 10.4 Å². The molecule has 1 aromatic rings. The molecule has 0 heterocycles. The van der Waals surface area contributed by atoms with Gasteiger partial charge in [-0.1, -0.05) is 51.3 Å². The Morgan fingerprint density at radius 2 is 1.57 bits per heavy atom. The van der Waals surface area contributed by atoms with Crippen molar-refractivity contribution in [1.82, 2.24) is 0 Å². The number of allylic oxidation sites excluding steroid dienone is 1. The normalized spacial score (nSPS) is 10.4. The quantitative estimate of drug-likeness (QED) is 0.635. The van der Waals surface area contributed by atoms with Gasteiger partial charge < -0.3 is 0 Å². The van der Waals surface area contributed by atoms with Crippen LogP contribution in [0.5, 0.6) is 0 Å². The Hall–Kier alpha value is -1.30. The molecule has 0 bridgehead atoms. The average Bonchev–Trinajstić information content (AvgIpc) is 2.22. The van der Waals surface area contributed by atoms with Gasteiger partial charge in [0.2, 0.25) is 0 Å². The van der Waals surface area contributed by atoms with Crippen molar-refractivity contribution < 1.29 is 0 Å². The van der Waals surface area contributed by atoms with Crippen molar-refractivity contribution in [3.63, 3.8) is 0 Å². The lowest BCUT2D eigenvalue weighted by Crippen LogP contribution is -2.28. The third-order valence-corrected chi connectivity index (χ3v) is 2.09. The second-order valence-corrected chi connectivity index (χ2v) is 2.99. The van der Waals surface area contributed by atoms with Crippen LogP contribution in [0.4, 0.5) is 0 Å². The molecule has 0 N–H and O–H groups in total. The molecule has 0 heteroatoms. The molecule has 0 aliphatic rings. The first-order valence-electron chi connectivity index (χ1n) is 5.04. The number of benzene rings is 1. The van der Waals surface area contributed by atoms with E-state index in [-0.39, 0.29) is 0 Å². The van der Waals surface area contributed by atoms with E-state index in [1.54, 1.807) is 6.08 Å². The Morgan fingerprint density at radius 3 is 2.07 bits per heavy atom. The molecule has 0 aliphatic heterocycles. The van der Waals surface area contributed by atoms with E-state index in [4.69, 9.17) is 0 Å². The highest BCUT2D eigenvalue weighted by Crippen LogP contribution is 1.89. The molecule has 0 saturated heterocycles. The van der Waals surface area contributed by atoms with Crippen LogP contribution in [0.25, 0.3) is 12.7 Å². The first kappa shape index (κ1) is 12.7. The van der Waals surface area contributed by atoms with Crippen molar-refractivity contribution >= 4 is 12.7 Å². The average molecular weight is 188 g/mol. The van der Waals surface area contributed by atoms with E-state index in [1.165, 1.54) is 16.3 Å². The van der Waals surface area contributed by atoms with Gasteiger partial charge in [0.05, 0.1) is 0 Å². The van der Waals surface area contributed by atoms with E-state index in [2.05, 4.69) is 39.1 Å². The highest BCUT2D eigenvalue weighted by Gasteiger charge is 1.91. The van der Waals surface area contributed by atoms with Crippen molar-refractivity contribution in [2.45, 2.75) is 27.7 Å². The third kappa shape index (κ3) is 2.88. The van der Waals surface area contributed by atoms with Gasteiger partial charge in [-0.15, -0.1) is 0 Å². The first-order valence-corrected chi connectivity index (χ1v) is 5.04. The molecule has 76 valence electrons. The summed E-state index contributed by atoms with van der Waals surface area (Å²) in [6.45, 7) is 15.9.